The van der Waals surface area contributed by atoms with Gasteiger partial charge in [-0.2, -0.15) is 0 Å². The predicted molar refractivity (Wildman–Crippen MR) is 113 cm³/mol. The lowest BCUT2D eigenvalue weighted by atomic mass is 10.00. The van der Waals surface area contributed by atoms with Crippen molar-refractivity contribution < 1.29 is 14.4 Å². The maximum absolute atomic E-state index is 12.8. The van der Waals surface area contributed by atoms with Gasteiger partial charge in [-0.25, -0.2) is 4.79 Å². The quantitative estimate of drug-likeness (QED) is 0.393. The van der Waals surface area contributed by atoms with Crippen molar-refractivity contribution in [2.45, 2.75) is 12.8 Å². The molecule has 0 amide bonds. The minimum atomic E-state index is -0.477. The first-order valence-corrected chi connectivity index (χ1v) is 9.76. The minimum absolute atomic E-state index is 0.477. The van der Waals surface area contributed by atoms with E-state index in [1.807, 2.05) is 60.7 Å². The number of nitrogens with zero attached hydrogens (tertiary/aromatic N) is 1. The fourth-order valence-corrected chi connectivity index (χ4v) is 4.00. The zero-order valence-corrected chi connectivity index (χ0v) is 16.9. The summed E-state index contributed by atoms with van der Waals surface area (Å²) in [5.41, 5.74) is 5.01. The highest BCUT2D eigenvalue weighted by Gasteiger charge is 2.25. The van der Waals surface area contributed by atoms with Gasteiger partial charge in [-0.15, -0.1) is 0 Å². The first-order chi connectivity index (χ1) is 13.7. The van der Waals surface area contributed by atoms with Gasteiger partial charge >= 0.3 is 5.97 Å². The van der Waals surface area contributed by atoms with Crippen LogP contribution in [-0.4, -0.2) is 18.8 Å². The number of benzene rings is 3. The molecule has 3 aromatic carbocycles. The van der Waals surface area contributed by atoms with Gasteiger partial charge in [0, 0.05) is 10.0 Å². The van der Waals surface area contributed by atoms with Crippen molar-refractivity contribution in [3.05, 3.63) is 87.9 Å². The van der Waals surface area contributed by atoms with Crippen molar-refractivity contribution in [2.24, 2.45) is 5.16 Å². The number of ether oxygens (including phenoxy) is 1. The largest absolute Gasteiger partial charge is 0.496 e. The summed E-state index contributed by atoms with van der Waals surface area (Å²) in [6, 6.07) is 21.0. The van der Waals surface area contributed by atoms with E-state index < -0.39 is 5.97 Å². The maximum Gasteiger partial charge on any atom is 0.366 e. The molecule has 0 saturated carbocycles. The molecule has 0 unspecified atom stereocenters. The van der Waals surface area contributed by atoms with Crippen LogP contribution in [0, 0.1) is 0 Å². The Morgan fingerprint density at radius 2 is 1.71 bits per heavy atom. The summed E-state index contributed by atoms with van der Waals surface area (Å²) in [6.45, 7) is 0. The molecule has 4 nitrogen and oxygen atoms in total. The van der Waals surface area contributed by atoms with Crippen molar-refractivity contribution in [1.29, 1.82) is 0 Å². The van der Waals surface area contributed by atoms with Crippen molar-refractivity contribution in [1.82, 2.24) is 0 Å². The van der Waals surface area contributed by atoms with Crippen LogP contribution in [0.2, 0.25) is 0 Å². The first kappa shape index (κ1) is 18.4. The number of methoxy groups -OCH3 is 1. The molecule has 1 aliphatic rings. The molecule has 0 bridgehead atoms. The zero-order chi connectivity index (χ0) is 19.5. The van der Waals surface area contributed by atoms with Crippen LogP contribution in [0.3, 0.4) is 0 Å². The van der Waals surface area contributed by atoms with Crippen molar-refractivity contribution in [2.75, 3.05) is 7.11 Å². The van der Waals surface area contributed by atoms with Crippen LogP contribution in [0.5, 0.6) is 5.75 Å². The van der Waals surface area contributed by atoms with Crippen LogP contribution in [0.4, 0.5) is 0 Å². The molecule has 5 heteroatoms. The average molecular weight is 436 g/mol. The normalized spacial score (nSPS) is 14.0. The minimum Gasteiger partial charge on any atom is -0.496 e. The number of carbonyl (C=O) groups excluding carboxylic acids is 1. The fourth-order valence-electron chi connectivity index (χ4n) is 3.47. The molecule has 0 heterocycles. The third-order valence-electron chi connectivity index (χ3n) is 4.81. The second-order valence-electron chi connectivity index (χ2n) is 6.43. The van der Waals surface area contributed by atoms with Crippen molar-refractivity contribution in [3.63, 3.8) is 0 Å². The van der Waals surface area contributed by atoms with Crippen LogP contribution in [0.25, 0.3) is 11.1 Å². The Kier molecular flexibility index (Phi) is 5.26. The lowest BCUT2D eigenvalue weighted by Gasteiger charge is -2.10. The molecule has 0 radical (unpaired) electrons. The summed E-state index contributed by atoms with van der Waals surface area (Å²) >= 11 is 3.57. The lowest BCUT2D eigenvalue weighted by molar-refractivity contribution is 0.0517. The van der Waals surface area contributed by atoms with Gasteiger partial charge < -0.3 is 9.57 Å². The molecule has 1 aliphatic carbocycles. The van der Waals surface area contributed by atoms with Gasteiger partial charge in [-0.3, -0.25) is 0 Å². The predicted octanol–water partition coefficient (Wildman–Crippen LogP) is 5.63. The van der Waals surface area contributed by atoms with E-state index in [1.165, 1.54) is 0 Å². The molecular formula is C23H18BrNO3. The molecule has 0 atom stereocenters. The van der Waals surface area contributed by atoms with Crippen LogP contribution in [0.15, 0.2) is 76.4 Å². The van der Waals surface area contributed by atoms with E-state index in [4.69, 9.17) is 9.57 Å². The van der Waals surface area contributed by atoms with E-state index in [0.717, 1.165) is 44.6 Å². The summed E-state index contributed by atoms with van der Waals surface area (Å²) in [7, 11) is 1.63. The monoisotopic (exact) mass is 435 g/mol. The SMILES string of the molecule is COc1ccc(Br)c2c1/C(=N\OC(=O)c1ccccc1-c1ccccc1)CC2. The van der Waals surface area contributed by atoms with Gasteiger partial charge in [-0.05, 0) is 47.7 Å². The molecule has 28 heavy (non-hydrogen) atoms. The van der Waals surface area contributed by atoms with Crippen LogP contribution in [0.1, 0.15) is 27.9 Å². The molecular weight excluding hydrogens is 418 g/mol. The first-order valence-electron chi connectivity index (χ1n) is 8.97. The van der Waals surface area contributed by atoms with Gasteiger partial charge in [0.15, 0.2) is 0 Å². The molecule has 0 aromatic heterocycles. The second-order valence-corrected chi connectivity index (χ2v) is 7.29. The third kappa shape index (κ3) is 3.45. The zero-order valence-electron chi connectivity index (χ0n) is 15.3. The van der Waals surface area contributed by atoms with E-state index in [1.54, 1.807) is 13.2 Å². The van der Waals surface area contributed by atoms with Crippen LogP contribution >= 0.6 is 15.9 Å². The van der Waals surface area contributed by atoms with Gasteiger partial charge in [0.25, 0.3) is 0 Å². The fraction of sp³-hybridized carbons (Fsp3) is 0.130. The molecule has 140 valence electrons. The third-order valence-corrected chi connectivity index (χ3v) is 5.55. The van der Waals surface area contributed by atoms with Crippen molar-refractivity contribution in [3.8, 4) is 16.9 Å². The van der Waals surface area contributed by atoms with E-state index in [0.29, 0.717) is 12.0 Å². The number of carbonyl (C=O) groups is 1. The molecule has 0 N–H and O–H groups in total. The summed E-state index contributed by atoms with van der Waals surface area (Å²) in [5, 5.41) is 4.19. The van der Waals surface area contributed by atoms with Crippen LogP contribution in [-0.2, 0) is 11.3 Å². The molecule has 0 aliphatic heterocycles. The van der Waals surface area contributed by atoms with Gasteiger partial charge in [0.2, 0.25) is 0 Å². The highest BCUT2D eigenvalue weighted by atomic mass is 79.9. The number of hydrogen-bond donors (Lipinski definition) is 0. The van der Waals surface area contributed by atoms with Gasteiger partial charge in [0.1, 0.15) is 5.75 Å². The smallest absolute Gasteiger partial charge is 0.366 e. The number of oxime groups is 1. The number of hydrogen-bond acceptors (Lipinski definition) is 4. The Labute approximate surface area is 171 Å². The maximum atomic E-state index is 12.8. The standard InChI is InChI=1S/C23H18BrNO3/c1-27-21-14-12-19(24)18-11-13-20(22(18)21)25-28-23(26)17-10-6-5-9-16(17)15-7-3-2-4-8-15/h2-10,12,14H,11,13H2,1H3/b25-20-. The topological polar surface area (TPSA) is 47.9 Å². The van der Waals surface area contributed by atoms with Crippen LogP contribution < -0.4 is 4.74 Å². The van der Waals surface area contributed by atoms with E-state index >= 15 is 0 Å². The Morgan fingerprint density at radius 1 is 0.964 bits per heavy atom. The average Bonchev–Trinajstić information content (AvgIpc) is 3.18. The Hall–Kier alpha value is -2.92. The molecule has 0 saturated heterocycles. The Morgan fingerprint density at radius 3 is 2.50 bits per heavy atom. The highest BCUT2D eigenvalue weighted by Crippen LogP contribution is 2.36. The number of halogens is 1. The summed E-state index contributed by atoms with van der Waals surface area (Å²) in [5.74, 6) is 0.254. The Bertz CT molecular complexity index is 1060. The highest BCUT2D eigenvalue weighted by molar-refractivity contribution is 9.10. The second kappa shape index (κ2) is 7.98. The molecule has 0 fully saturated rings. The summed E-state index contributed by atoms with van der Waals surface area (Å²) < 4.78 is 6.48. The van der Waals surface area contributed by atoms with Gasteiger partial charge in [0.05, 0.1) is 18.4 Å². The number of fused-ring (bicyclic) bond motifs is 1. The van der Waals surface area contributed by atoms with E-state index in [-0.39, 0.29) is 0 Å². The molecule has 4 rings (SSSR count). The molecule has 3 aromatic rings. The van der Waals surface area contributed by atoms with E-state index in [2.05, 4.69) is 21.1 Å². The summed E-state index contributed by atoms with van der Waals surface area (Å²) in [4.78, 5) is 18.1. The number of rotatable bonds is 4. The Balaban J connectivity index is 1.64. The molecule has 0 spiro atoms. The summed E-state index contributed by atoms with van der Waals surface area (Å²) in [6.07, 6.45) is 1.52. The van der Waals surface area contributed by atoms with E-state index in [9.17, 15) is 4.79 Å². The van der Waals surface area contributed by atoms with Crippen molar-refractivity contribution >= 4 is 27.6 Å². The lowest BCUT2D eigenvalue weighted by Crippen LogP contribution is -2.06. The van der Waals surface area contributed by atoms with Gasteiger partial charge in [-0.1, -0.05) is 69.6 Å².